The van der Waals surface area contributed by atoms with Gasteiger partial charge in [-0.15, -0.1) is 0 Å². The molecule has 1 aliphatic heterocycles. The third kappa shape index (κ3) is 3.05. The summed E-state index contributed by atoms with van der Waals surface area (Å²) in [6.45, 7) is 4.05. The van der Waals surface area contributed by atoms with Crippen LogP contribution in [0.5, 0.6) is 5.75 Å². The van der Waals surface area contributed by atoms with Crippen LogP contribution in [0.1, 0.15) is 38.4 Å². The molecule has 18 heavy (non-hydrogen) atoms. The van der Waals surface area contributed by atoms with Gasteiger partial charge >= 0.3 is 0 Å². The summed E-state index contributed by atoms with van der Waals surface area (Å²) >= 11 is 3.42. The van der Waals surface area contributed by atoms with Crippen LogP contribution < -0.4 is 4.74 Å². The monoisotopic (exact) mass is 314 g/mol. The molecule has 0 fully saturated rings. The van der Waals surface area contributed by atoms with E-state index in [-0.39, 0.29) is 11.7 Å². The number of aliphatic hydroxyl groups is 1. The van der Waals surface area contributed by atoms with Crippen LogP contribution in [0.15, 0.2) is 22.7 Å². The van der Waals surface area contributed by atoms with Gasteiger partial charge in [0.15, 0.2) is 0 Å². The van der Waals surface area contributed by atoms with E-state index in [9.17, 15) is 5.11 Å². The fraction of sp³-hybridized carbons (Fsp3) is 0.571. The lowest BCUT2D eigenvalue weighted by atomic mass is 9.92. The Labute approximate surface area is 116 Å². The summed E-state index contributed by atoms with van der Waals surface area (Å²) in [6, 6.07) is 5.73. The second-order valence-corrected chi connectivity index (χ2v) is 6.26. The fourth-order valence-electron chi connectivity index (χ4n) is 2.25. The second kappa shape index (κ2) is 5.19. The summed E-state index contributed by atoms with van der Waals surface area (Å²) in [5, 5.41) is 10.2. The number of ether oxygens (including phenoxy) is 2. The van der Waals surface area contributed by atoms with E-state index in [4.69, 9.17) is 9.47 Å². The third-order valence-electron chi connectivity index (χ3n) is 3.39. The van der Waals surface area contributed by atoms with Crippen LogP contribution in [0.4, 0.5) is 0 Å². The van der Waals surface area contributed by atoms with Gasteiger partial charge in [0.2, 0.25) is 0 Å². The van der Waals surface area contributed by atoms with Crippen molar-refractivity contribution in [2.45, 2.75) is 44.5 Å². The summed E-state index contributed by atoms with van der Waals surface area (Å²) in [7, 11) is 1.70. The lowest BCUT2D eigenvalue weighted by Crippen LogP contribution is -2.35. The van der Waals surface area contributed by atoms with Gasteiger partial charge in [-0.2, -0.15) is 0 Å². The van der Waals surface area contributed by atoms with E-state index in [2.05, 4.69) is 15.9 Å². The Morgan fingerprint density at radius 3 is 2.89 bits per heavy atom. The van der Waals surface area contributed by atoms with E-state index in [0.29, 0.717) is 6.42 Å². The molecule has 1 heterocycles. The van der Waals surface area contributed by atoms with Crippen molar-refractivity contribution in [1.82, 2.24) is 0 Å². The molecule has 4 heteroatoms. The fourth-order valence-corrected chi connectivity index (χ4v) is 2.59. The molecule has 3 nitrogen and oxygen atoms in total. The number of hydrogen-bond acceptors (Lipinski definition) is 3. The molecule has 0 spiro atoms. The average Bonchev–Trinajstić information content (AvgIpc) is 2.27. The molecule has 2 atom stereocenters. The zero-order chi connectivity index (χ0) is 13.3. The number of fused-ring (bicyclic) bond motifs is 1. The Hall–Kier alpha value is -0.580. The Morgan fingerprint density at radius 2 is 2.22 bits per heavy atom. The molecule has 1 aromatic carbocycles. The minimum absolute atomic E-state index is 0.0169. The highest BCUT2D eigenvalue weighted by Gasteiger charge is 2.31. The van der Waals surface area contributed by atoms with E-state index in [1.165, 1.54) is 0 Å². The lowest BCUT2D eigenvalue weighted by molar-refractivity contribution is -0.0311. The minimum Gasteiger partial charge on any atom is -0.490 e. The first-order chi connectivity index (χ1) is 8.41. The molecule has 1 aromatic rings. The third-order valence-corrected chi connectivity index (χ3v) is 3.88. The molecule has 2 rings (SSSR count). The maximum Gasteiger partial charge on any atom is 0.126 e. The average molecular weight is 315 g/mol. The Morgan fingerprint density at radius 1 is 1.50 bits per heavy atom. The molecule has 1 N–H and O–H groups in total. The van der Waals surface area contributed by atoms with Gasteiger partial charge in [-0.1, -0.05) is 22.0 Å². The van der Waals surface area contributed by atoms with Crippen LogP contribution in [0.3, 0.4) is 0 Å². The first kappa shape index (κ1) is 13.8. The maximum absolute atomic E-state index is 10.2. The number of rotatable bonds is 3. The summed E-state index contributed by atoms with van der Waals surface area (Å²) in [4.78, 5) is 0. The number of benzene rings is 1. The van der Waals surface area contributed by atoms with Gasteiger partial charge in [0.05, 0.1) is 11.7 Å². The Balaban J connectivity index is 2.17. The molecule has 0 aliphatic carbocycles. The lowest BCUT2D eigenvalue weighted by Gasteiger charge is -2.34. The van der Waals surface area contributed by atoms with Crippen molar-refractivity contribution in [3.63, 3.8) is 0 Å². The smallest absolute Gasteiger partial charge is 0.126 e. The van der Waals surface area contributed by atoms with E-state index in [0.717, 1.165) is 22.2 Å². The predicted octanol–water partition coefficient (Wildman–Crippen LogP) is 3.45. The van der Waals surface area contributed by atoms with Crippen molar-refractivity contribution in [2.24, 2.45) is 0 Å². The zero-order valence-corrected chi connectivity index (χ0v) is 12.5. The first-order valence-electron chi connectivity index (χ1n) is 6.10. The highest BCUT2D eigenvalue weighted by atomic mass is 79.9. The second-order valence-electron chi connectivity index (χ2n) is 5.34. The van der Waals surface area contributed by atoms with Gasteiger partial charge in [0.25, 0.3) is 0 Å². The standard InChI is InChI=1S/C14H19BrO3/c1-14(2,17-3)8-10-7-12(16)11-5-4-9(15)6-13(11)18-10/h4-6,10,12,16H,7-8H2,1-3H3. The van der Waals surface area contributed by atoms with Crippen molar-refractivity contribution >= 4 is 15.9 Å². The van der Waals surface area contributed by atoms with E-state index in [1.807, 2.05) is 32.0 Å². The van der Waals surface area contributed by atoms with Crippen LogP contribution in [0.2, 0.25) is 0 Å². The van der Waals surface area contributed by atoms with Crippen LogP contribution in [-0.2, 0) is 4.74 Å². The van der Waals surface area contributed by atoms with Crippen molar-refractivity contribution in [1.29, 1.82) is 0 Å². The molecule has 0 aromatic heterocycles. The molecule has 0 saturated carbocycles. The molecule has 0 radical (unpaired) electrons. The minimum atomic E-state index is -0.459. The highest BCUT2D eigenvalue weighted by molar-refractivity contribution is 9.10. The summed E-state index contributed by atoms with van der Waals surface area (Å²) in [5.74, 6) is 0.764. The van der Waals surface area contributed by atoms with Gasteiger partial charge in [0.1, 0.15) is 11.9 Å². The molecule has 0 bridgehead atoms. The predicted molar refractivity (Wildman–Crippen MR) is 73.8 cm³/mol. The van der Waals surface area contributed by atoms with Gasteiger partial charge in [0, 0.05) is 30.0 Å². The van der Waals surface area contributed by atoms with Crippen LogP contribution in [0, 0.1) is 0 Å². The first-order valence-corrected chi connectivity index (χ1v) is 6.90. The van der Waals surface area contributed by atoms with Crippen molar-refractivity contribution in [2.75, 3.05) is 7.11 Å². The molecular formula is C14H19BrO3. The SMILES string of the molecule is COC(C)(C)CC1CC(O)c2ccc(Br)cc2O1. The van der Waals surface area contributed by atoms with Gasteiger partial charge in [-0.05, 0) is 26.0 Å². The van der Waals surface area contributed by atoms with Crippen molar-refractivity contribution in [3.8, 4) is 5.75 Å². The Bertz CT molecular complexity index is 431. The van der Waals surface area contributed by atoms with E-state index >= 15 is 0 Å². The summed E-state index contributed by atoms with van der Waals surface area (Å²) < 4.78 is 12.3. The number of aliphatic hydroxyl groups excluding tert-OH is 1. The van der Waals surface area contributed by atoms with Crippen LogP contribution >= 0.6 is 15.9 Å². The maximum atomic E-state index is 10.2. The number of methoxy groups -OCH3 is 1. The Kier molecular flexibility index (Phi) is 3.99. The zero-order valence-electron chi connectivity index (χ0n) is 10.9. The molecule has 100 valence electrons. The molecule has 2 unspecified atom stereocenters. The molecule has 0 amide bonds. The largest absolute Gasteiger partial charge is 0.490 e. The van der Waals surface area contributed by atoms with Gasteiger partial charge in [-0.3, -0.25) is 0 Å². The number of hydrogen-bond donors (Lipinski definition) is 1. The van der Waals surface area contributed by atoms with E-state index in [1.54, 1.807) is 7.11 Å². The molecule has 1 aliphatic rings. The highest BCUT2D eigenvalue weighted by Crippen LogP contribution is 2.38. The van der Waals surface area contributed by atoms with Crippen LogP contribution in [0.25, 0.3) is 0 Å². The topological polar surface area (TPSA) is 38.7 Å². The van der Waals surface area contributed by atoms with Gasteiger partial charge in [-0.25, -0.2) is 0 Å². The van der Waals surface area contributed by atoms with Crippen molar-refractivity contribution in [3.05, 3.63) is 28.2 Å². The summed E-state index contributed by atoms with van der Waals surface area (Å²) in [5.41, 5.74) is 0.623. The number of halogens is 1. The van der Waals surface area contributed by atoms with Crippen LogP contribution in [-0.4, -0.2) is 23.9 Å². The summed E-state index contributed by atoms with van der Waals surface area (Å²) in [6.07, 6.45) is 0.893. The van der Waals surface area contributed by atoms with Crippen molar-refractivity contribution < 1.29 is 14.6 Å². The normalized spacial score (nSPS) is 23.4. The quantitative estimate of drug-likeness (QED) is 0.928. The molecule has 0 saturated heterocycles. The van der Waals surface area contributed by atoms with Gasteiger partial charge < -0.3 is 14.6 Å². The molecular weight excluding hydrogens is 296 g/mol. The van der Waals surface area contributed by atoms with E-state index < -0.39 is 6.10 Å².